The molecule has 31 heavy (non-hydrogen) atoms. The predicted molar refractivity (Wildman–Crippen MR) is 128 cm³/mol. The number of piperidine rings is 1. The molecule has 2 aliphatic heterocycles. The number of anilines is 2. The van der Waals surface area contributed by atoms with Crippen LogP contribution in [0.25, 0.3) is 0 Å². The van der Waals surface area contributed by atoms with Crippen molar-refractivity contribution in [3.63, 3.8) is 0 Å². The Labute approximate surface area is 192 Å². The Hall–Kier alpha value is -1.31. The first kappa shape index (κ1) is 22.9. The van der Waals surface area contributed by atoms with Gasteiger partial charge in [-0.1, -0.05) is 29.4 Å². The largest absolute Gasteiger partial charge is 0.381 e. The Kier molecular flexibility index (Phi) is 6.32. The van der Waals surface area contributed by atoms with Crippen LogP contribution in [0.15, 0.2) is 34.3 Å². The summed E-state index contributed by atoms with van der Waals surface area (Å²) in [6.07, 6.45) is 3.80. The monoisotopic (exact) mass is 481 g/mol. The molecule has 2 saturated heterocycles. The highest BCUT2D eigenvalue weighted by Crippen LogP contribution is 2.43. The molecule has 3 heterocycles. The van der Waals surface area contributed by atoms with E-state index in [1.807, 2.05) is 12.1 Å². The van der Waals surface area contributed by atoms with Gasteiger partial charge in [-0.25, -0.2) is 9.97 Å². The molecule has 10 heteroatoms. The zero-order valence-corrected chi connectivity index (χ0v) is 20.5. The molecule has 2 atom stereocenters. The maximum atomic E-state index is 12.5. The number of nitrogen functional groups attached to an aromatic ring is 1. The minimum absolute atomic E-state index is 0.0600. The van der Waals surface area contributed by atoms with E-state index >= 15 is 0 Å². The van der Waals surface area contributed by atoms with Crippen LogP contribution in [0.2, 0.25) is 5.02 Å². The summed E-state index contributed by atoms with van der Waals surface area (Å²) in [6, 6.07) is 5.60. The van der Waals surface area contributed by atoms with Gasteiger partial charge in [0.1, 0.15) is 18.0 Å². The molecule has 4 N–H and O–H groups in total. The van der Waals surface area contributed by atoms with E-state index in [9.17, 15) is 4.57 Å². The van der Waals surface area contributed by atoms with Gasteiger partial charge in [0.05, 0.1) is 23.9 Å². The molecule has 4 rings (SSSR count). The molecular formula is C21H29ClN5O2PS. The van der Waals surface area contributed by atoms with Crippen molar-refractivity contribution in [1.82, 2.24) is 9.97 Å². The first-order chi connectivity index (χ1) is 14.6. The summed E-state index contributed by atoms with van der Waals surface area (Å²) in [5.74, 6) is 1.12. The first-order valence-corrected chi connectivity index (χ1v) is 14.2. The SMILES string of the molecule is CC1OCC2(CCN(c3cnc(Sc4cccc(P(C)(C)=O)c4Cl)c(N)n3)CC2)C1N. The maximum Gasteiger partial charge on any atom is 0.158 e. The van der Waals surface area contributed by atoms with Crippen molar-refractivity contribution >= 4 is 47.4 Å². The van der Waals surface area contributed by atoms with Gasteiger partial charge in [0.15, 0.2) is 5.82 Å². The van der Waals surface area contributed by atoms with Crippen LogP contribution in [0.1, 0.15) is 19.8 Å². The molecule has 1 aromatic carbocycles. The molecule has 7 nitrogen and oxygen atoms in total. The lowest BCUT2D eigenvalue weighted by molar-refractivity contribution is 0.0974. The normalized spacial score (nSPS) is 23.5. The van der Waals surface area contributed by atoms with Gasteiger partial charge in [0, 0.05) is 34.7 Å². The number of ether oxygens (including phenoxy) is 1. The number of halogens is 1. The second-order valence-electron chi connectivity index (χ2n) is 8.85. The van der Waals surface area contributed by atoms with Crippen molar-refractivity contribution < 1.29 is 9.30 Å². The van der Waals surface area contributed by atoms with Crippen LogP contribution in [-0.2, 0) is 9.30 Å². The summed E-state index contributed by atoms with van der Waals surface area (Å²) < 4.78 is 18.3. The molecule has 0 radical (unpaired) electrons. The number of nitrogens with two attached hydrogens (primary N) is 2. The molecule has 0 aliphatic carbocycles. The van der Waals surface area contributed by atoms with Gasteiger partial charge in [-0.3, -0.25) is 0 Å². The minimum Gasteiger partial charge on any atom is -0.381 e. The summed E-state index contributed by atoms with van der Waals surface area (Å²) in [6.45, 7) is 7.89. The topological polar surface area (TPSA) is 107 Å². The molecule has 1 aromatic heterocycles. The maximum absolute atomic E-state index is 12.5. The van der Waals surface area contributed by atoms with E-state index in [4.69, 9.17) is 27.8 Å². The molecule has 1 spiro atoms. The highest BCUT2D eigenvalue weighted by Gasteiger charge is 2.47. The van der Waals surface area contributed by atoms with E-state index in [2.05, 4.69) is 21.8 Å². The van der Waals surface area contributed by atoms with Crippen molar-refractivity contribution in [3.05, 3.63) is 29.4 Å². The first-order valence-electron chi connectivity index (χ1n) is 10.4. The van der Waals surface area contributed by atoms with E-state index in [1.54, 1.807) is 25.6 Å². The number of nitrogens with zero attached hydrogens (tertiary/aromatic N) is 3. The van der Waals surface area contributed by atoms with Gasteiger partial charge in [-0.2, -0.15) is 0 Å². The average Bonchev–Trinajstić information content (AvgIpc) is 2.99. The highest BCUT2D eigenvalue weighted by atomic mass is 35.5. The smallest absolute Gasteiger partial charge is 0.158 e. The van der Waals surface area contributed by atoms with E-state index < -0.39 is 7.14 Å². The molecule has 0 bridgehead atoms. The summed E-state index contributed by atoms with van der Waals surface area (Å²) in [4.78, 5) is 12.1. The lowest BCUT2D eigenvalue weighted by Crippen LogP contribution is -2.50. The molecule has 2 aromatic rings. The van der Waals surface area contributed by atoms with E-state index in [-0.39, 0.29) is 17.6 Å². The van der Waals surface area contributed by atoms with Crippen molar-refractivity contribution in [2.75, 3.05) is 43.7 Å². The quantitative estimate of drug-likeness (QED) is 0.639. The fraction of sp³-hybridized carbons (Fsp3) is 0.524. The molecular weight excluding hydrogens is 453 g/mol. The van der Waals surface area contributed by atoms with E-state index in [1.165, 1.54) is 11.8 Å². The van der Waals surface area contributed by atoms with Crippen LogP contribution in [0.5, 0.6) is 0 Å². The van der Waals surface area contributed by atoms with Gasteiger partial charge in [0.2, 0.25) is 0 Å². The van der Waals surface area contributed by atoms with Crippen LogP contribution < -0.4 is 21.7 Å². The number of hydrogen-bond acceptors (Lipinski definition) is 8. The second kappa shape index (κ2) is 8.56. The van der Waals surface area contributed by atoms with E-state index in [0.717, 1.165) is 43.3 Å². The molecule has 2 unspecified atom stereocenters. The third-order valence-corrected chi connectivity index (χ3v) is 9.66. The molecule has 0 amide bonds. The van der Waals surface area contributed by atoms with Crippen LogP contribution in [0.3, 0.4) is 0 Å². The number of rotatable bonds is 4. The zero-order chi connectivity index (χ0) is 22.4. The number of hydrogen-bond donors (Lipinski definition) is 2. The third-order valence-electron chi connectivity index (χ3n) is 6.41. The number of aromatic nitrogens is 2. The standard InChI is InChI=1S/C21H29ClN5O2PS/c1-13-18(23)21(12-29-13)7-9-27(10-8-21)16-11-25-20(19(24)26-16)31-15-6-4-5-14(17(15)22)30(2,3)28/h4-6,11,13,18H,7-10,12,23H2,1-3H3,(H2,24,26). The van der Waals surface area contributed by atoms with Gasteiger partial charge < -0.3 is 25.7 Å². The van der Waals surface area contributed by atoms with Gasteiger partial charge in [-0.05, 0) is 45.2 Å². The summed E-state index contributed by atoms with van der Waals surface area (Å²) in [5, 5.41) is 1.73. The number of benzene rings is 1. The summed E-state index contributed by atoms with van der Waals surface area (Å²) >= 11 is 7.86. The Morgan fingerprint density at radius 1 is 1.32 bits per heavy atom. The van der Waals surface area contributed by atoms with Crippen molar-refractivity contribution in [2.45, 2.75) is 41.8 Å². The second-order valence-corrected chi connectivity index (χ2v) is 13.4. The van der Waals surface area contributed by atoms with Crippen molar-refractivity contribution in [3.8, 4) is 0 Å². The van der Waals surface area contributed by atoms with Crippen LogP contribution >= 0.6 is 30.5 Å². The lowest BCUT2D eigenvalue weighted by atomic mass is 9.73. The predicted octanol–water partition coefficient (Wildman–Crippen LogP) is 3.44. The fourth-order valence-electron chi connectivity index (χ4n) is 4.37. The minimum atomic E-state index is -2.48. The molecule has 0 saturated carbocycles. The van der Waals surface area contributed by atoms with Crippen LogP contribution in [-0.4, -0.2) is 55.1 Å². The Morgan fingerprint density at radius 2 is 2.03 bits per heavy atom. The Balaban J connectivity index is 1.48. The van der Waals surface area contributed by atoms with Gasteiger partial charge in [-0.15, -0.1) is 0 Å². The Morgan fingerprint density at radius 3 is 2.61 bits per heavy atom. The molecule has 2 fully saturated rings. The summed E-state index contributed by atoms with van der Waals surface area (Å²) in [5.41, 5.74) is 12.7. The van der Waals surface area contributed by atoms with Crippen LogP contribution in [0, 0.1) is 5.41 Å². The van der Waals surface area contributed by atoms with Crippen molar-refractivity contribution in [1.29, 1.82) is 0 Å². The fourth-order valence-corrected chi connectivity index (χ4v) is 7.14. The van der Waals surface area contributed by atoms with Gasteiger partial charge >= 0.3 is 0 Å². The van der Waals surface area contributed by atoms with E-state index in [0.29, 0.717) is 21.2 Å². The average molecular weight is 482 g/mol. The molecule has 168 valence electrons. The lowest BCUT2D eigenvalue weighted by Gasteiger charge is -2.41. The zero-order valence-electron chi connectivity index (χ0n) is 18.0. The highest BCUT2D eigenvalue weighted by molar-refractivity contribution is 7.99. The van der Waals surface area contributed by atoms with Crippen molar-refractivity contribution in [2.24, 2.45) is 11.1 Å². The van der Waals surface area contributed by atoms with Crippen LogP contribution in [0.4, 0.5) is 11.6 Å². The third kappa shape index (κ3) is 4.46. The Bertz CT molecular complexity index is 1020. The van der Waals surface area contributed by atoms with Gasteiger partial charge in [0.25, 0.3) is 0 Å². The molecule has 2 aliphatic rings. The summed E-state index contributed by atoms with van der Waals surface area (Å²) in [7, 11) is -2.48.